The molecule has 6 heteroatoms. The molecule has 2 N–H and O–H groups in total. The van der Waals surface area contributed by atoms with Crippen molar-refractivity contribution in [2.24, 2.45) is 0 Å². The zero-order valence-electron chi connectivity index (χ0n) is 16.6. The third-order valence-electron chi connectivity index (χ3n) is 6.02. The lowest BCUT2D eigenvalue weighted by Crippen LogP contribution is -2.29. The van der Waals surface area contributed by atoms with Crippen molar-refractivity contribution in [2.45, 2.75) is 19.3 Å². The van der Waals surface area contributed by atoms with Gasteiger partial charge in [0.2, 0.25) is 0 Å². The molecule has 5 aromatic rings. The average Bonchev–Trinajstić information content (AvgIpc) is 3.43. The molecule has 0 aliphatic carbocycles. The van der Waals surface area contributed by atoms with E-state index < -0.39 is 0 Å². The van der Waals surface area contributed by atoms with Crippen molar-refractivity contribution in [1.29, 1.82) is 0 Å². The molecule has 30 heavy (non-hydrogen) atoms. The van der Waals surface area contributed by atoms with Crippen molar-refractivity contribution in [3.8, 4) is 22.6 Å². The van der Waals surface area contributed by atoms with Crippen LogP contribution in [0.15, 0.2) is 61.1 Å². The van der Waals surface area contributed by atoms with Crippen LogP contribution in [0.2, 0.25) is 0 Å². The third kappa shape index (κ3) is 2.84. The molecular formula is C24H22N6. The minimum atomic E-state index is 0.915. The first-order chi connectivity index (χ1) is 14.9. The van der Waals surface area contributed by atoms with Crippen LogP contribution in [0, 0.1) is 0 Å². The molecule has 6 rings (SSSR count). The molecule has 1 aliphatic rings. The maximum atomic E-state index is 4.62. The second-order valence-corrected chi connectivity index (χ2v) is 7.89. The third-order valence-corrected chi connectivity index (χ3v) is 6.02. The number of hydrogen-bond acceptors (Lipinski definition) is 4. The highest BCUT2D eigenvalue weighted by atomic mass is 15.1. The fourth-order valence-corrected chi connectivity index (χ4v) is 4.48. The van der Waals surface area contributed by atoms with E-state index in [1.165, 1.54) is 30.3 Å². The first kappa shape index (κ1) is 17.2. The number of piperidine rings is 1. The zero-order chi connectivity index (χ0) is 19.9. The van der Waals surface area contributed by atoms with Gasteiger partial charge in [0, 0.05) is 53.0 Å². The van der Waals surface area contributed by atoms with Gasteiger partial charge in [-0.05, 0) is 55.7 Å². The van der Waals surface area contributed by atoms with Gasteiger partial charge in [0.15, 0.2) is 0 Å². The van der Waals surface area contributed by atoms with Gasteiger partial charge in [-0.2, -0.15) is 5.10 Å². The van der Waals surface area contributed by atoms with Gasteiger partial charge in [-0.3, -0.25) is 15.1 Å². The predicted octanol–water partition coefficient (Wildman–Crippen LogP) is 5.16. The van der Waals surface area contributed by atoms with Gasteiger partial charge >= 0.3 is 0 Å². The van der Waals surface area contributed by atoms with Crippen molar-refractivity contribution >= 4 is 27.5 Å². The number of aromatic nitrogens is 5. The van der Waals surface area contributed by atoms with Crippen LogP contribution in [0.5, 0.6) is 0 Å². The van der Waals surface area contributed by atoms with E-state index in [-0.39, 0.29) is 0 Å². The van der Waals surface area contributed by atoms with Crippen LogP contribution in [-0.4, -0.2) is 38.2 Å². The second-order valence-electron chi connectivity index (χ2n) is 7.89. The minimum absolute atomic E-state index is 0.915. The molecule has 4 aromatic heterocycles. The molecule has 0 atom stereocenters. The Labute approximate surface area is 174 Å². The standard InChI is InChI=1S/C24H22N6/c1-2-11-30(12-3-1)23-6-4-5-19-17(23)13-21(27-19)24-18-14-20(16-7-9-25-10-8-16)26-15-22(18)28-29-24/h4-10,13-15,27H,1-3,11-12H2,(H,28,29). The highest BCUT2D eigenvalue weighted by Gasteiger charge is 2.17. The summed E-state index contributed by atoms with van der Waals surface area (Å²) in [5.41, 5.74) is 7.29. The number of rotatable bonds is 3. The van der Waals surface area contributed by atoms with Gasteiger partial charge in [-0.1, -0.05) is 6.07 Å². The summed E-state index contributed by atoms with van der Waals surface area (Å²) in [5.74, 6) is 0. The fraction of sp³-hybridized carbons (Fsp3) is 0.208. The van der Waals surface area contributed by atoms with Crippen molar-refractivity contribution in [3.63, 3.8) is 0 Å². The van der Waals surface area contributed by atoms with Crippen LogP contribution in [0.25, 0.3) is 44.5 Å². The zero-order valence-corrected chi connectivity index (χ0v) is 16.6. The number of nitrogens with zero attached hydrogens (tertiary/aromatic N) is 4. The molecule has 0 unspecified atom stereocenters. The van der Waals surface area contributed by atoms with E-state index in [0.717, 1.165) is 52.2 Å². The first-order valence-corrected chi connectivity index (χ1v) is 10.5. The van der Waals surface area contributed by atoms with Gasteiger partial charge in [0.05, 0.1) is 23.1 Å². The second kappa shape index (κ2) is 6.99. The number of H-pyrrole nitrogens is 2. The summed E-state index contributed by atoms with van der Waals surface area (Å²) in [4.78, 5) is 14.8. The van der Waals surface area contributed by atoms with Gasteiger partial charge in [-0.15, -0.1) is 0 Å². The lowest BCUT2D eigenvalue weighted by Gasteiger charge is -2.29. The number of nitrogens with one attached hydrogen (secondary N) is 2. The summed E-state index contributed by atoms with van der Waals surface area (Å²) >= 11 is 0. The first-order valence-electron chi connectivity index (χ1n) is 10.5. The molecule has 0 radical (unpaired) electrons. The molecule has 1 aliphatic heterocycles. The number of anilines is 1. The number of hydrogen-bond donors (Lipinski definition) is 2. The smallest absolute Gasteiger partial charge is 0.116 e. The Balaban J connectivity index is 1.47. The molecule has 1 saturated heterocycles. The topological polar surface area (TPSA) is 73.5 Å². The van der Waals surface area contributed by atoms with E-state index in [1.807, 2.05) is 18.3 Å². The maximum absolute atomic E-state index is 4.62. The normalized spacial score (nSPS) is 14.6. The lowest BCUT2D eigenvalue weighted by molar-refractivity contribution is 0.579. The Hall–Kier alpha value is -3.67. The Kier molecular flexibility index (Phi) is 4.01. The van der Waals surface area contributed by atoms with Crippen LogP contribution >= 0.6 is 0 Å². The van der Waals surface area contributed by atoms with E-state index in [4.69, 9.17) is 0 Å². The Morgan fingerprint density at radius 2 is 1.73 bits per heavy atom. The molecule has 1 fully saturated rings. The van der Waals surface area contributed by atoms with Gasteiger partial charge < -0.3 is 9.88 Å². The van der Waals surface area contributed by atoms with Gasteiger partial charge in [0.25, 0.3) is 0 Å². The van der Waals surface area contributed by atoms with E-state index in [2.05, 4.69) is 60.4 Å². The molecular weight excluding hydrogens is 372 g/mol. The molecule has 0 bridgehead atoms. The monoisotopic (exact) mass is 394 g/mol. The SMILES string of the molecule is c1cc(N2CCCCC2)c2cc(-c3n[nH]c4cnc(-c5ccncc5)cc34)[nH]c2c1. The van der Waals surface area contributed by atoms with Crippen molar-refractivity contribution < 1.29 is 0 Å². The van der Waals surface area contributed by atoms with Crippen LogP contribution < -0.4 is 4.90 Å². The van der Waals surface area contributed by atoms with E-state index in [0.29, 0.717) is 0 Å². The Morgan fingerprint density at radius 1 is 0.867 bits per heavy atom. The molecule has 0 spiro atoms. The van der Waals surface area contributed by atoms with Gasteiger partial charge in [-0.25, -0.2) is 0 Å². The summed E-state index contributed by atoms with van der Waals surface area (Å²) in [5, 5.41) is 10.1. The maximum Gasteiger partial charge on any atom is 0.116 e. The largest absolute Gasteiger partial charge is 0.371 e. The quantitative estimate of drug-likeness (QED) is 0.443. The van der Waals surface area contributed by atoms with Crippen molar-refractivity contribution in [2.75, 3.05) is 18.0 Å². The Morgan fingerprint density at radius 3 is 2.60 bits per heavy atom. The lowest BCUT2D eigenvalue weighted by atomic mass is 10.1. The summed E-state index contributed by atoms with van der Waals surface area (Å²) < 4.78 is 0. The van der Waals surface area contributed by atoms with Crippen LogP contribution in [-0.2, 0) is 0 Å². The highest BCUT2D eigenvalue weighted by Crippen LogP contribution is 2.35. The molecule has 5 heterocycles. The van der Waals surface area contributed by atoms with E-state index in [1.54, 1.807) is 12.4 Å². The van der Waals surface area contributed by atoms with Crippen molar-refractivity contribution in [1.82, 2.24) is 25.1 Å². The van der Waals surface area contributed by atoms with Gasteiger partial charge in [0.1, 0.15) is 5.69 Å². The number of benzene rings is 1. The number of pyridine rings is 2. The molecule has 0 amide bonds. The predicted molar refractivity (Wildman–Crippen MR) is 120 cm³/mol. The summed E-state index contributed by atoms with van der Waals surface area (Å²) in [6, 6.07) is 14.8. The molecule has 1 aromatic carbocycles. The molecule has 6 nitrogen and oxygen atoms in total. The number of fused-ring (bicyclic) bond motifs is 2. The van der Waals surface area contributed by atoms with Crippen LogP contribution in [0.3, 0.4) is 0 Å². The minimum Gasteiger partial charge on any atom is -0.371 e. The number of aromatic amines is 2. The van der Waals surface area contributed by atoms with Crippen molar-refractivity contribution in [3.05, 3.63) is 61.1 Å². The summed E-state index contributed by atoms with van der Waals surface area (Å²) in [6.07, 6.45) is 9.29. The summed E-state index contributed by atoms with van der Waals surface area (Å²) in [7, 11) is 0. The average molecular weight is 394 g/mol. The highest BCUT2D eigenvalue weighted by molar-refractivity contribution is 6.00. The van der Waals surface area contributed by atoms with Crippen LogP contribution in [0.1, 0.15) is 19.3 Å². The van der Waals surface area contributed by atoms with E-state index in [9.17, 15) is 0 Å². The summed E-state index contributed by atoms with van der Waals surface area (Å²) in [6.45, 7) is 2.26. The van der Waals surface area contributed by atoms with Crippen LogP contribution in [0.4, 0.5) is 5.69 Å². The van der Waals surface area contributed by atoms with E-state index >= 15 is 0 Å². The molecule has 0 saturated carbocycles. The Bertz CT molecular complexity index is 1330. The fourth-order valence-electron chi connectivity index (χ4n) is 4.48. The molecule has 148 valence electrons.